The lowest BCUT2D eigenvalue weighted by atomic mass is 9.98. The molecule has 1 amide bonds. The Hall–Kier alpha value is -3.47. The number of ether oxygens (including phenoxy) is 3. The first kappa shape index (κ1) is 20.3. The summed E-state index contributed by atoms with van der Waals surface area (Å²) in [5.74, 6) is 1.88. The van der Waals surface area contributed by atoms with Gasteiger partial charge in [-0.25, -0.2) is 0 Å². The fraction of sp³-hybridized carbons (Fsp3) is 0.208. The standard InChI is InChI=1S/C24H25NO4/c1-4-29-22-8-6-5-7-21(22)24(26)25-23(17-9-13-19(27-2)14-10-17)18-11-15-20(28-3)16-12-18/h5-16,23H,4H2,1-3H3,(H,25,26). The summed E-state index contributed by atoms with van der Waals surface area (Å²) in [6.07, 6.45) is 0. The van der Waals surface area contributed by atoms with Gasteiger partial charge in [-0.15, -0.1) is 0 Å². The molecule has 29 heavy (non-hydrogen) atoms. The van der Waals surface area contributed by atoms with E-state index < -0.39 is 0 Å². The van der Waals surface area contributed by atoms with E-state index in [1.165, 1.54) is 0 Å². The quantitative estimate of drug-likeness (QED) is 0.609. The third-order valence-corrected chi connectivity index (χ3v) is 4.61. The molecule has 0 unspecified atom stereocenters. The highest BCUT2D eigenvalue weighted by Gasteiger charge is 2.20. The van der Waals surface area contributed by atoms with Crippen LogP contribution in [0.4, 0.5) is 0 Å². The zero-order valence-electron chi connectivity index (χ0n) is 16.8. The molecule has 0 saturated heterocycles. The third kappa shape index (κ3) is 4.88. The first-order valence-electron chi connectivity index (χ1n) is 9.46. The topological polar surface area (TPSA) is 56.8 Å². The molecule has 0 bridgehead atoms. The Kier molecular flexibility index (Phi) is 6.74. The lowest BCUT2D eigenvalue weighted by Crippen LogP contribution is -2.29. The maximum absolute atomic E-state index is 13.1. The van der Waals surface area contributed by atoms with E-state index in [-0.39, 0.29) is 11.9 Å². The van der Waals surface area contributed by atoms with Crippen LogP contribution in [-0.2, 0) is 0 Å². The van der Waals surface area contributed by atoms with Gasteiger partial charge in [-0.1, -0.05) is 36.4 Å². The van der Waals surface area contributed by atoms with Gasteiger partial charge in [0.05, 0.1) is 32.4 Å². The molecule has 0 aromatic heterocycles. The minimum Gasteiger partial charge on any atom is -0.497 e. The Balaban J connectivity index is 1.95. The number of rotatable bonds is 8. The van der Waals surface area contributed by atoms with Crippen LogP contribution >= 0.6 is 0 Å². The first-order valence-corrected chi connectivity index (χ1v) is 9.46. The predicted molar refractivity (Wildman–Crippen MR) is 113 cm³/mol. The van der Waals surface area contributed by atoms with Crippen LogP contribution in [0.5, 0.6) is 17.2 Å². The first-order chi connectivity index (χ1) is 14.2. The average Bonchev–Trinajstić information content (AvgIpc) is 2.78. The van der Waals surface area contributed by atoms with Crippen molar-refractivity contribution in [3.63, 3.8) is 0 Å². The highest BCUT2D eigenvalue weighted by Crippen LogP contribution is 2.27. The SMILES string of the molecule is CCOc1ccccc1C(=O)NC(c1ccc(OC)cc1)c1ccc(OC)cc1. The van der Waals surface area contributed by atoms with Crippen molar-refractivity contribution in [3.8, 4) is 17.2 Å². The molecular weight excluding hydrogens is 366 g/mol. The van der Waals surface area contributed by atoms with Crippen LogP contribution in [0.2, 0.25) is 0 Å². The maximum atomic E-state index is 13.1. The normalized spacial score (nSPS) is 10.5. The average molecular weight is 391 g/mol. The van der Waals surface area contributed by atoms with Gasteiger partial charge in [-0.2, -0.15) is 0 Å². The van der Waals surface area contributed by atoms with E-state index in [1.807, 2.05) is 67.6 Å². The van der Waals surface area contributed by atoms with Gasteiger partial charge in [0.1, 0.15) is 17.2 Å². The zero-order valence-corrected chi connectivity index (χ0v) is 16.8. The van der Waals surface area contributed by atoms with Crippen molar-refractivity contribution >= 4 is 5.91 Å². The Morgan fingerprint density at radius 3 is 1.83 bits per heavy atom. The Morgan fingerprint density at radius 2 is 1.34 bits per heavy atom. The zero-order chi connectivity index (χ0) is 20.6. The monoisotopic (exact) mass is 391 g/mol. The van der Waals surface area contributed by atoms with Crippen LogP contribution in [0.3, 0.4) is 0 Å². The minimum absolute atomic E-state index is 0.203. The van der Waals surface area contributed by atoms with E-state index >= 15 is 0 Å². The van der Waals surface area contributed by atoms with E-state index in [4.69, 9.17) is 14.2 Å². The predicted octanol–water partition coefficient (Wildman–Crippen LogP) is 4.62. The molecule has 0 radical (unpaired) electrons. The molecule has 0 aliphatic carbocycles. The number of methoxy groups -OCH3 is 2. The molecule has 3 rings (SSSR count). The second-order valence-corrected chi connectivity index (χ2v) is 6.38. The van der Waals surface area contributed by atoms with Crippen LogP contribution in [0.15, 0.2) is 72.8 Å². The molecule has 0 saturated carbocycles. The fourth-order valence-electron chi connectivity index (χ4n) is 3.10. The molecule has 3 aromatic carbocycles. The van der Waals surface area contributed by atoms with Crippen LogP contribution < -0.4 is 19.5 Å². The Bertz CT molecular complexity index is 888. The van der Waals surface area contributed by atoms with E-state index in [9.17, 15) is 4.79 Å². The molecule has 5 nitrogen and oxygen atoms in total. The maximum Gasteiger partial charge on any atom is 0.255 e. The summed E-state index contributed by atoms with van der Waals surface area (Å²) >= 11 is 0. The number of hydrogen-bond donors (Lipinski definition) is 1. The summed E-state index contributed by atoms with van der Waals surface area (Å²) in [5.41, 5.74) is 2.39. The van der Waals surface area contributed by atoms with Gasteiger partial charge in [-0.3, -0.25) is 4.79 Å². The molecule has 0 heterocycles. The number of amides is 1. The number of benzene rings is 3. The van der Waals surface area contributed by atoms with Crippen molar-refractivity contribution in [3.05, 3.63) is 89.5 Å². The van der Waals surface area contributed by atoms with Gasteiger partial charge in [-0.05, 0) is 54.4 Å². The minimum atomic E-state index is -0.339. The van der Waals surface area contributed by atoms with Gasteiger partial charge in [0, 0.05) is 0 Å². The highest BCUT2D eigenvalue weighted by atomic mass is 16.5. The van der Waals surface area contributed by atoms with Gasteiger partial charge >= 0.3 is 0 Å². The largest absolute Gasteiger partial charge is 0.497 e. The molecule has 3 aromatic rings. The Labute approximate surface area is 171 Å². The molecule has 0 spiro atoms. The van der Waals surface area contributed by atoms with E-state index in [0.29, 0.717) is 17.9 Å². The van der Waals surface area contributed by atoms with Crippen molar-refractivity contribution in [2.45, 2.75) is 13.0 Å². The third-order valence-electron chi connectivity index (χ3n) is 4.61. The molecule has 0 atom stereocenters. The molecular formula is C24H25NO4. The van der Waals surface area contributed by atoms with Crippen LogP contribution in [-0.4, -0.2) is 26.7 Å². The molecule has 0 aliphatic rings. The van der Waals surface area contributed by atoms with E-state index in [0.717, 1.165) is 22.6 Å². The summed E-state index contributed by atoms with van der Waals surface area (Å²) in [4.78, 5) is 13.1. The van der Waals surface area contributed by atoms with Crippen LogP contribution in [0.1, 0.15) is 34.5 Å². The number of carbonyl (C=O) groups is 1. The van der Waals surface area contributed by atoms with Crippen molar-refractivity contribution in [2.75, 3.05) is 20.8 Å². The molecule has 0 aliphatic heterocycles. The van der Waals surface area contributed by atoms with Crippen molar-refractivity contribution in [2.24, 2.45) is 0 Å². The second-order valence-electron chi connectivity index (χ2n) is 6.38. The fourth-order valence-corrected chi connectivity index (χ4v) is 3.10. The summed E-state index contributed by atoms with van der Waals surface area (Å²) in [6.45, 7) is 2.39. The van der Waals surface area contributed by atoms with E-state index in [1.54, 1.807) is 26.4 Å². The molecule has 1 N–H and O–H groups in total. The second kappa shape index (κ2) is 9.64. The smallest absolute Gasteiger partial charge is 0.255 e. The van der Waals surface area contributed by atoms with E-state index in [2.05, 4.69) is 5.32 Å². The summed E-state index contributed by atoms with van der Waals surface area (Å²) in [6, 6.07) is 22.2. The highest BCUT2D eigenvalue weighted by molar-refractivity contribution is 5.97. The van der Waals surface area contributed by atoms with Crippen LogP contribution in [0.25, 0.3) is 0 Å². The van der Waals surface area contributed by atoms with Crippen molar-refractivity contribution in [1.29, 1.82) is 0 Å². The number of para-hydroxylation sites is 1. The van der Waals surface area contributed by atoms with Crippen LogP contribution in [0, 0.1) is 0 Å². The lowest BCUT2D eigenvalue weighted by molar-refractivity contribution is 0.0939. The summed E-state index contributed by atoms with van der Waals surface area (Å²) < 4.78 is 16.1. The number of carbonyl (C=O) groups excluding carboxylic acids is 1. The Morgan fingerprint density at radius 1 is 0.828 bits per heavy atom. The number of nitrogens with one attached hydrogen (secondary N) is 1. The molecule has 0 fully saturated rings. The molecule has 5 heteroatoms. The van der Waals surface area contributed by atoms with Gasteiger partial charge < -0.3 is 19.5 Å². The van der Waals surface area contributed by atoms with Gasteiger partial charge in [0.2, 0.25) is 0 Å². The van der Waals surface area contributed by atoms with Crippen molar-refractivity contribution in [1.82, 2.24) is 5.32 Å². The van der Waals surface area contributed by atoms with Gasteiger partial charge in [0.25, 0.3) is 5.91 Å². The lowest BCUT2D eigenvalue weighted by Gasteiger charge is -2.21. The van der Waals surface area contributed by atoms with Gasteiger partial charge in [0.15, 0.2) is 0 Å². The molecule has 150 valence electrons. The summed E-state index contributed by atoms with van der Waals surface area (Å²) in [5, 5.41) is 3.14. The summed E-state index contributed by atoms with van der Waals surface area (Å²) in [7, 11) is 3.25. The van der Waals surface area contributed by atoms with Crippen molar-refractivity contribution < 1.29 is 19.0 Å². The number of hydrogen-bond acceptors (Lipinski definition) is 4.